The van der Waals surface area contributed by atoms with Crippen molar-refractivity contribution in [2.45, 2.75) is 60.0 Å². The van der Waals surface area contributed by atoms with Crippen LogP contribution in [0.25, 0.3) is 0 Å². The monoisotopic (exact) mass is 264 g/mol. The van der Waals surface area contributed by atoms with Crippen LogP contribution in [-0.4, -0.2) is 17.8 Å². The highest BCUT2D eigenvalue weighted by Crippen LogP contribution is 2.28. The molecule has 0 amide bonds. The lowest BCUT2D eigenvalue weighted by molar-refractivity contribution is 0.0216. The Morgan fingerprint density at radius 1 is 1.11 bits per heavy atom. The van der Waals surface area contributed by atoms with Crippen LogP contribution in [0.1, 0.15) is 52.7 Å². The predicted octanol–water partition coefficient (Wildman–Crippen LogP) is 4.08. The van der Waals surface area contributed by atoms with Crippen LogP contribution in [0.3, 0.4) is 0 Å². The number of aryl methyl sites for hydroxylation is 1. The van der Waals surface area contributed by atoms with Crippen molar-refractivity contribution in [2.75, 3.05) is 6.61 Å². The number of benzene rings is 1. The van der Waals surface area contributed by atoms with Crippen molar-refractivity contribution >= 4 is 0 Å². The maximum atomic E-state index is 10.00. The van der Waals surface area contributed by atoms with E-state index in [1.807, 2.05) is 33.8 Å². The van der Waals surface area contributed by atoms with Crippen molar-refractivity contribution in [2.24, 2.45) is 5.41 Å². The molecule has 0 aromatic heterocycles. The Morgan fingerprint density at radius 2 is 1.68 bits per heavy atom. The van der Waals surface area contributed by atoms with Crippen LogP contribution in [0.15, 0.2) is 18.2 Å². The molecule has 1 aromatic rings. The summed E-state index contributed by atoms with van der Waals surface area (Å²) in [4.78, 5) is 0. The molecule has 1 rings (SSSR count). The Balaban J connectivity index is 2.77. The van der Waals surface area contributed by atoms with Gasteiger partial charge in [-0.25, -0.2) is 0 Å². The van der Waals surface area contributed by atoms with Gasteiger partial charge in [-0.05, 0) is 34.9 Å². The third-order valence-electron chi connectivity index (χ3n) is 3.44. The van der Waals surface area contributed by atoms with Crippen LogP contribution in [0.4, 0.5) is 0 Å². The standard InChI is InChI=1S/C17H28O2/c1-12-10-13(16(2,3)4)8-9-14(12)19-11-15(18)17(5,6)7/h8-10,15,18H,11H2,1-7H3. The summed E-state index contributed by atoms with van der Waals surface area (Å²) in [5, 5.41) is 10.00. The van der Waals surface area contributed by atoms with Gasteiger partial charge in [0.15, 0.2) is 0 Å². The van der Waals surface area contributed by atoms with Crippen LogP contribution in [0.2, 0.25) is 0 Å². The molecule has 19 heavy (non-hydrogen) atoms. The lowest BCUT2D eigenvalue weighted by atomic mass is 9.86. The fourth-order valence-electron chi connectivity index (χ4n) is 1.70. The zero-order valence-corrected chi connectivity index (χ0v) is 13.4. The molecule has 1 N–H and O–H groups in total. The molecule has 1 atom stereocenters. The van der Waals surface area contributed by atoms with Crippen LogP contribution >= 0.6 is 0 Å². The minimum Gasteiger partial charge on any atom is -0.491 e. The average Bonchev–Trinajstić information content (AvgIpc) is 2.24. The Hall–Kier alpha value is -1.02. The number of ether oxygens (including phenoxy) is 1. The maximum absolute atomic E-state index is 10.00. The van der Waals surface area contributed by atoms with Crippen molar-refractivity contribution in [3.8, 4) is 5.75 Å². The molecule has 1 aromatic carbocycles. The third kappa shape index (κ3) is 4.54. The predicted molar refractivity (Wildman–Crippen MR) is 80.8 cm³/mol. The molecule has 108 valence electrons. The molecule has 0 aliphatic carbocycles. The number of aliphatic hydroxyl groups is 1. The summed E-state index contributed by atoms with van der Waals surface area (Å²) in [6.07, 6.45) is -0.464. The number of hydrogen-bond donors (Lipinski definition) is 1. The minimum atomic E-state index is -0.464. The first-order chi connectivity index (χ1) is 8.51. The van der Waals surface area contributed by atoms with Crippen molar-refractivity contribution in [3.63, 3.8) is 0 Å². The molecule has 2 nitrogen and oxygen atoms in total. The zero-order valence-electron chi connectivity index (χ0n) is 13.4. The van der Waals surface area contributed by atoms with Crippen LogP contribution in [0, 0.1) is 12.3 Å². The molecule has 0 heterocycles. The van der Waals surface area contributed by atoms with E-state index in [1.54, 1.807) is 0 Å². The van der Waals surface area contributed by atoms with E-state index in [-0.39, 0.29) is 10.8 Å². The normalized spacial score (nSPS) is 14.3. The van der Waals surface area contributed by atoms with E-state index in [4.69, 9.17) is 4.74 Å². The molecule has 0 aliphatic rings. The SMILES string of the molecule is Cc1cc(C(C)(C)C)ccc1OCC(O)C(C)(C)C. The van der Waals surface area contributed by atoms with Gasteiger partial charge in [-0.15, -0.1) is 0 Å². The van der Waals surface area contributed by atoms with E-state index in [2.05, 4.69) is 32.9 Å². The van der Waals surface area contributed by atoms with Crippen LogP contribution in [0.5, 0.6) is 5.75 Å². The van der Waals surface area contributed by atoms with Gasteiger partial charge < -0.3 is 9.84 Å². The maximum Gasteiger partial charge on any atom is 0.122 e. The van der Waals surface area contributed by atoms with E-state index in [1.165, 1.54) is 5.56 Å². The van der Waals surface area contributed by atoms with E-state index in [0.29, 0.717) is 6.61 Å². The molecule has 0 bridgehead atoms. The van der Waals surface area contributed by atoms with Gasteiger partial charge in [-0.2, -0.15) is 0 Å². The molecular weight excluding hydrogens is 236 g/mol. The van der Waals surface area contributed by atoms with Crippen molar-refractivity contribution in [1.29, 1.82) is 0 Å². The average molecular weight is 264 g/mol. The van der Waals surface area contributed by atoms with Gasteiger partial charge in [-0.1, -0.05) is 53.7 Å². The topological polar surface area (TPSA) is 29.5 Å². The first-order valence-electron chi connectivity index (χ1n) is 6.94. The van der Waals surface area contributed by atoms with E-state index < -0.39 is 6.10 Å². The Labute approximate surface area is 117 Å². The fourth-order valence-corrected chi connectivity index (χ4v) is 1.70. The summed E-state index contributed by atoms with van der Waals surface area (Å²) in [5.74, 6) is 0.858. The first-order valence-corrected chi connectivity index (χ1v) is 6.94. The molecule has 0 radical (unpaired) electrons. The fraction of sp³-hybridized carbons (Fsp3) is 0.647. The summed E-state index contributed by atoms with van der Waals surface area (Å²) in [7, 11) is 0. The van der Waals surface area contributed by atoms with Gasteiger partial charge >= 0.3 is 0 Å². The molecule has 0 aliphatic heterocycles. The van der Waals surface area contributed by atoms with E-state index >= 15 is 0 Å². The van der Waals surface area contributed by atoms with Gasteiger partial charge in [0.2, 0.25) is 0 Å². The Kier molecular flexibility index (Phi) is 4.67. The van der Waals surface area contributed by atoms with Gasteiger partial charge in [-0.3, -0.25) is 0 Å². The second kappa shape index (κ2) is 5.54. The largest absolute Gasteiger partial charge is 0.491 e. The van der Waals surface area contributed by atoms with Crippen molar-refractivity contribution in [1.82, 2.24) is 0 Å². The summed E-state index contributed by atoms with van der Waals surface area (Å²) < 4.78 is 5.74. The smallest absolute Gasteiger partial charge is 0.122 e. The first kappa shape index (κ1) is 16.0. The molecular formula is C17H28O2. The van der Waals surface area contributed by atoms with Gasteiger partial charge in [0, 0.05) is 0 Å². The van der Waals surface area contributed by atoms with Gasteiger partial charge in [0.1, 0.15) is 12.4 Å². The summed E-state index contributed by atoms with van der Waals surface area (Å²) >= 11 is 0. The van der Waals surface area contributed by atoms with E-state index in [9.17, 15) is 5.11 Å². The van der Waals surface area contributed by atoms with E-state index in [0.717, 1.165) is 11.3 Å². The Bertz CT molecular complexity index is 422. The van der Waals surface area contributed by atoms with Crippen molar-refractivity contribution in [3.05, 3.63) is 29.3 Å². The summed E-state index contributed by atoms with van der Waals surface area (Å²) in [6.45, 7) is 15.0. The molecule has 0 saturated carbocycles. The Morgan fingerprint density at radius 3 is 2.11 bits per heavy atom. The second-order valence-electron chi connectivity index (χ2n) is 7.42. The molecule has 0 spiro atoms. The number of hydrogen-bond acceptors (Lipinski definition) is 2. The molecule has 2 heteroatoms. The number of rotatable bonds is 3. The third-order valence-corrected chi connectivity index (χ3v) is 3.44. The van der Waals surface area contributed by atoms with Crippen LogP contribution in [-0.2, 0) is 5.41 Å². The lowest BCUT2D eigenvalue weighted by Gasteiger charge is -2.26. The summed E-state index contributed by atoms with van der Waals surface area (Å²) in [6, 6.07) is 6.27. The second-order valence-corrected chi connectivity index (χ2v) is 7.42. The quantitative estimate of drug-likeness (QED) is 0.891. The number of aliphatic hydroxyl groups excluding tert-OH is 1. The minimum absolute atomic E-state index is 0.147. The van der Waals surface area contributed by atoms with Gasteiger partial charge in [0.25, 0.3) is 0 Å². The van der Waals surface area contributed by atoms with Gasteiger partial charge in [0.05, 0.1) is 6.10 Å². The molecule has 1 unspecified atom stereocenters. The van der Waals surface area contributed by atoms with Crippen molar-refractivity contribution < 1.29 is 9.84 Å². The molecule has 0 fully saturated rings. The van der Waals surface area contributed by atoms with Crippen LogP contribution < -0.4 is 4.74 Å². The highest BCUT2D eigenvalue weighted by atomic mass is 16.5. The highest BCUT2D eigenvalue weighted by molar-refractivity contribution is 5.38. The summed E-state index contributed by atoms with van der Waals surface area (Å²) in [5.41, 5.74) is 2.41. The lowest BCUT2D eigenvalue weighted by Crippen LogP contribution is -2.32. The zero-order chi connectivity index (χ0) is 14.8. The highest BCUT2D eigenvalue weighted by Gasteiger charge is 2.23. The molecule has 0 saturated heterocycles.